The van der Waals surface area contributed by atoms with Gasteiger partial charge in [0.2, 0.25) is 5.13 Å². The van der Waals surface area contributed by atoms with Gasteiger partial charge in [-0.3, -0.25) is 0 Å². The van der Waals surface area contributed by atoms with Gasteiger partial charge in [-0.25, -0.2) is 9.78 Å². The van der Waals surface area contributed by atoms with E-state index in [9.17, 15) is 9.90 Å². The van der Waals surface area contributed by atoms with Gasteiger partial charge in [-0.05, 0) is 36.8 Å². The SMILES string of the molecule is Cc1cccc2sc(N=Nc3ccc(N(C)C)cc3C(=O)O)nc12. The number of carboxylic acids is 1. The zero-order valence-electron chi connectivity index (χ0n) is 13.5. The van der Waals surface area contributed by atoms with E-state index in [1.165, 1.54) is 11.3 Å². The third-order valence-corrected chi connectivity index (χ3v) is 4.48. The Morgan fingerprint density at radius 3 is 2.67 bits per heavy atom. The van der Waals surface area contributed by atoms with Crippen molar-refractivity contribution in [3.8, 4) is 0 Å². The first-order valence-electron chi connectivity index (χ1n) is 7.28. The van der Waals surface area contributed by atoms with Crippen molar-refractivity contribution in [2.75, 3.05) is 19.0 Å². The summed E-state index contributed by atoms with van der Waals surface area (Å²) in [5.41, 5.74) is 3.19. The van der Waals surface area contributed by atoms with Crippen LogP contribution in [0.15, 0.2) is 46.6 Å². The number of azo groups is 1. The van der Waals surface area contributed by atoms with Gasteiger partial charge in [-0.2, -0.15) is 0 Å². The summed E-state index contributed by atoms with van der Waals surface area (Å²) in [6.45, 7) is 1.99. The molecule has 1 N–H and O–H groups in total. The number of hydrogen-bond acceptors (Lipinski definition) is 6. The third-order valence-electron chi connectivity index (χ3n) is 3.58. The molecular formula is C17H16N4O2S. The summed E-state index contributed by atoms with van der Waals surface area (Å²) < 4.78 is 1.03. The van der Waals surface area contributed by atoms with E-state index in [4.69, 9.17) is 0 Å². The molecule has 6 nitrogen and oxygen atoms in total. The molecule has 0 amide bonds. The Labute approximate surface area is 143 Å². The predicted octanol–water partition coefficient (Wildman–Crippen LogP) is 4.78. The molecule has 24 heavy (non-hydrogen) atoms. The minimum Gasteiger partial charge on any atom is -0.478 e. The van der Waals surface area contributed by atoms with Gasteiger partial charge in [0.15, 0.2) is 0 Å². The number of aromatic carboxylic acids is 1. The summed E-state index contributed by atoms with van der Waals surface area (Å²) >= 11 is 1.43. The number of para-hydroxylation sites is 1. The second-order valence-corrected chi connectivity index (χ2v) is 6.53. The number of aryl methyl sites for hydroxylation is 1. The number of carboxylic acid groups (broad SMARTS) is 1. The molecule has 0 fully saturated rings. The second-order valence-electron chi connectivity index (χ2n) is 5.52. The van der Waals surface area contributed by atoms with Crippen molar-refractivity contribution < 1.29 is 9.90 Å². The van der Waals surface area contributed by atoms with Crippen LogP contribution in [0.4, 0.5) is 16.5 Å². The maximum atomic E-state index is 11.5. The predicted molar refractivity (Wildman–Crippen MR) is 96.3 cm³/mol. The number of aromatic nitrogens is 1. The minimum atomic E-state index is -1.03. The molecule has 0 aliphatic carbocycles. The van der Waals surface area contributed by atoms with Crippen molar-refractivity contribution in [2.24, 2.45) is 10.2 Å². The van der Waals surface area contributed by atoms with E-state index in [0.29, 0.717) is 10.8 Å². The lowest BCUT2D eigenvalue weighted by atomic mass is 10.1. The van der Waals surface area contributed by atoms with Gasteiger partial charge in [-0.1, -0.05) is 23.5 Å². The summed E-state index contributed by atoms with van der Waals surface area (Å²) in [4.78, 5) is 17.7. The number of carbonyl (C=O) groups is 1. The Balaban J connectivity index is 1.98. The van der Waals surface area contributed by atoms with Gasteiger partial charge in [-0.15, -0.1) is 10.2 Å². The fraction of sp³-hybridized carbons (Fsp3) is 0.176. The van der Waals surface area contributed by atoms with E-state index < -0.39 is 5.97 Å². The van der Waals surface area contributed by atoms with E-state index in [1.54, 1.807) is 12.1 Å². The molecule has 0 saturated carbocycles. The molecule has 0 bridgehead atoms. The Kier molecular flexibility index (Phi) is 4.26. The monoisotopic (exact) mass is 340 g/mol. The lowest BCUT2D eigenvalue weighted by Gasteiger charge is -2.13. The summed E-state index contributed by atoms with van der Waals surface area (Å²) in [5, 5.41) is 18.1. The summed E-state index contributed by atoms with van der Waals surface area (Å²) in [7, 11) is 3.71. The van der Waals surface area contributed by atoms with Crippen LogP contribution in [0.2, 0.25) is 0 Å². The fourth-order valence-electron chi connectivity index (χ4n) is 2.27. The van der Waals surface area contributed by atoms with Crippen molar-refractivity contribution >= 4 is 44.0 Å². The molecular weight excluding hydrogens is 324 g/mol. The number of nitrogens with zero attached hydrogens (tertiary/aromatic N) is 4. The van der Waals surface area contributed by atoms with E-state index >= 15 is 0 Å². The summed E-state index contributed by atoms with van der Waals surface area (Å²) in [5.74, 6) is -1.03. The van der Waals surface area contributed by atoms with Crippen molar-refractivity contribution in [2.45, 2.75) is 6.92 Å². The molecule has 0 spiro atoms. The van der Waals surface area contributed by atoms with Crippen LogP contribution >= 0.6 is 11.3 Å². The number of fused-ring (bicyclic) bond motifs is 1. The lowest BCUT2D eigenvalue weighted by molar-refractivity contribution is 0.0698. The fourth-order valence-corrected chi connectivity index (χ4v) is 3.14. The smallest absolute Gasteiger partial charge is 0.338 e. The van der Waals surface area contributed by atoms with E-state index in [1.807, 2.05) is 50.2 Å². The highest BCUT2D eigenvalue weighted by molar-refractivity contribution is 7.21. The van der Waals surface area contributed by atoms with E-state index in [2.05, 4.69) is 15.2 Å². The van der Waals surface area contributed by atoms with E-state index in [0.717, 1.165) is 21.5 Å². The molecule has 7 heteroatoms. The van der Waals surface area contributed by atoms with Crippen LogP contribution in [0, 0.1) is 6.92 Å². The standard InChI is InChI=1S/C17H16N4O2S/c1-10-5-4-6-14-15(10)18-17(24-14)20-19-13-8-7-11(21(2)3)9-12(13)16(22)23/h4-9H,1-3H3,(H,22,23). The van der Waals surface area contributed by atoms with Crippen molar-refractivity contribution in [1.29, 1.82) is 0 Å². The molecule has 0 atom stereocenters. The molecule has 0 radical (unpaired) electrons. The van der Waals surface area contributed by atoms with Crippen molar-refractivity contribution in [1.82, 2.24) is 4.98 Å². The van der Waals surface area contributed by atoms with Gasteiger partial charge in [0, 0.05) is 19.8 Å². The number of anilines is 1. The minimum absolute atomic E-state index is 0.113. The average molecular weight is 340 g/mol. The first-order valence-corrected chi connectivity index (χ1v) is 8.10. The molecule has 3 aromatic rings. The Morgan fingerprint density at radius 1 is 1.21 bits per heavy atom. The number of benzene rings is 2. The topological polar surface area (TPSA) is 78.2 Å². The van der Waals surface area contributed by atoms with Gasteiger partial charge in [0.1, 0.15) is 5.69 Å². The largest absolute Gasteiger partial charge is 0.478 e. The molecule has 1 heterocycles. The van der Waals surface area contributed by atoms with Crippen LogP contribution in [-0.2, 0) is 0 Å². The zero-order chi connectivity index (χ0) is 17.3. The molecule has 0 aliphatic rings. The van der Waals surface area contributed by atoms with Gasteiger partial charge >= 0.3 is 5.97 Å². The quantitative estimate of drug-likeness (QED) is 0.693. The second kappa shape index (κ2) is 6.37. The maximum absolute atomic E-state index is 11.5. The highest BCUT2D eigenvalue weighted by atomic mass is 32.1. The van der Waals surface area contributed by atoms with Crippen LogP contribution in [0.25, 0.3) is 10.2 Å². The molecule has 2 aromatic carbocycles. The third kappa shape index (κ3) is 3.11. The maximum Gasteiger partial charge on any atom is 0.338 e. The first-order chi connectivity index (χ1) is 11.5. The zero-order valence-corrected chi connectivity index (χ0v) is 14.3. The van der Waals surface area contributed by atoms with E-state index in [-0.39, 0.29) is 5.56 Å². The molecule has 0 unspecified atom stereocenters. The number of thiazole rings is 1. The van der Waals surface area contributed by atoms with Crippen molar-refractivity contribution in [3.63, 3.8) is 0 Å². The molecule has 1 aromatic heterocycles. The van der Waals surface area contributed by atoms with Crippen LogP contribution < -0.4 is 4.90 Å². The number of hydrogen-bond donors (Lipinski definition) is 1. The van der Waals surface area contributed by atoms with Gasteiger partial charge in [0.05, 0.1) is 15.8 Å². The van der Waals surface area contributed by atoms with Crippen LogP contribution in [0.5, 0.6) is 0 Å². The molecule has 3 rings (SSSR count). The van der Waals surface area contributed by atoms with Gasteiger partial charge in [0.25, 0.3) is 0 Å². The lowest BCUT2D eigenvalue weighted by Crippen LogP contribution is -2.09. The Hall–Kier alpha value is -2.80. The van der Waals surface area contributed by atoms with Crippen LogP contribution in [0.1, 0.15) is 15.9 Å². The molecule has 0 saturated heterocycles. The normalized spacial score (nSPS) is 11.3. The van der Waals surface area contributed by atoms with Crippen molar-refractivity contribution in [3.05, 3.63) is 47.5 Å². The Morgan fingerprint density at radius 2 is 2.00 bits per heavy atom. The number of rotatable bonds is 4. The van der Waals surface area contributed by atoms with Crippen LogP contribution in [-0.4, -0.2) is 30.2 Å². The summed E-state index contributed by atoms with van der Waals surface area (Å²) in [6.07, 6.45) is 0. The average Bonchev–Trinajstić information content (AvgIpc) is 2.97. The summed E-state index contributed by atoms with van der Waals surface area (Å²) in [6, 6.07) is 11.0. The highest BCUT2D eigenvalue weighted by Crippen LogP contribution is 2.32. The first kappa shape index (κ1) is 16.1. The highest BCUT2D eigenvalue weighted by Gasteiger charge is 2.12. The Bertz CT molecular complexity index is 947. The van der Waals surface area contributed by atoms with Gasteiger partial charge < -0.3 is 10.0 Å². The molecule has 0 aliphatic heterocycles. The molecule has 122 valence electrons. The van der Waals surface area contributed by atoms with Crippen LogP contribution in [0.3, 0.4) is 0 Å².